The molecular formula is C37H36Cl2Ti-2. The van der Waals surface area contributed by atoms with Gasteiger partial charge in [-0.2, -0.15) is 11.1 Å². The molecule has 204 valence electrons. The average molecular weight is 599 g/mol. The van der Waals surface area contributed by atoms with E-state index in [1.165, 1.54) is 58.7 Å². The summed E-state index contributed by atoms with van der Waals surface area (Å²) in [5.41, 5.74) is 8.45. The van der Waals surface area contributed by atoms with Crippen molar-refractivity contribution in [2.75, 3.05) is 0 Å². The van der Waals surface area contributed by atoms with Crippen LogP contribution < -0.4 is 24.8 Å². The molecule has 0 fully saturated rings. The van der Waals surface area contributed by atoms with Crippen LogP contribution in [-0.2, 0) is 32.8 Å². The van der Waals surface area contributed by atoms with Gasteiger partial charge in [-0.15, -0.1) is 81.2 Å². The molecule has 6 rings (SSSR count). The third kappa shape index (κ3) is 8.15. The zero-order chi connectivity index (χ0) is 26.9. The molecule has 0 N–H and O–H groups in total. The molecule has 0 aliphatic heterocycles. The molecule has 0 atom stereocenters. The maximum atomic E-state index is 2.27. The van der Waals surface area contributed by atoms with Crippen LogP contribution in [0.25, 0.3) is 21.5 Å². The Morgan fingerprint density at radius 1 is 0.525 bits per heavy atom. The molecule has 0 bridgehead atoms. The van der Waals surface area contributed by atoms with E-state index in [-0.39, 0.29) is 24.8 Å². The molecule has 6 aromatic carbocycles. The maximum absolute atomic E-state index is 2.27. The number of aryl methyl sites for hydroxylation is 4. The first-order valence-electron chi connectivity index (χ1n) is 13.5. The Morgan fingerprint density at radius 2 is 0.850 bits per heavy atom. The molecule has 0 nitrogen and oxygen atoms in total. The first-order chi connectivity index (χ1) is 18.5. The summed E-state index contributed by atoms with van der Waals surface area (Å²) >= 11 is 2.16. The molecular weight excluding hydrogens is 563 g/mol. The number of rotatable bonds is 4. The second kappa shape index (κ2) is 16.5. The third-order valence-corrected chi connectivity index (χ3v) is 8.00. The fourth-order valence-electron chi connectivity index (χ4n) is 5.18. The monoisotopic (exact) mass is 598 g/mol. The fraction of sp³-hybridized carbons (Fsp3) is 0.162. The second-order valence-electron chi connectivity index (χ2n) is 9.60. The summed E-state index contributed by atoms with van der Waals surface area (Å²) in [6.45, 7) is 8.82. The standard InChI is InChI=1S/C13H10.2C12H13.2ClH.Ti/c1-3-7-12(8-4-1)11-13-9-5-2-6-10-13;2*1-3-11-9(2)8-10-6-4-5-7-12(10)11;;;/h1-10H;2*4-8H,3H2,1-2H3;2*1H;/q;2*-1;;;+2/p-2. The van der Waals surface area contributed by atoms with Gasteiger partial charge in [-0.3, -0.25) is 0 Å². The Hall–Kier alpha value is -2.74. The summed E-state index contributed by atoms with van der Waals surface area (Å²) in [5.74, 6) is 0. The minimum atomic E-state index is 0. The Morgan fingerprint density at radius 3 is 1.20 bits per heavy atom. The zero-order valence-corrected chi connectivity index (χ0v) is 26.8. The number of fused-ring (bicyclic) bond motifs is 2. The van der Waals surface area contributed by atoms with Crippen molar-refractivity contribution in [1.29, 1.82) is 0 Å². The SMILES string of the molecule is CCc1c(C)[cH-]c2ccccc12.CCc1c(C)[cH-]c2ccccc12.[Cl-].[Cl-].[Ti+2]=[C](c1ccccc1)c1ccccc1. The van der Waals surface area contributed by atoms with Crippen LogP contribution in [0.2, 0.25) is 0 Å². The average Bonchev–Trinajstić information content (AvgIpc) is 3.48. The zero-order valence-electron chi connectivity index (χ0n) is 23.7. The first kappa shape index (κ1) is 33.5. The Balaban J connectivity index is 0.000000206. The summed E-state index contributed by atoms with van der Waals surface area (Å²) in [4.78, 5) is 0. The van der Waals surface area contributed by atoms with Gasteiger partial charge in [0.2, 0.25) is 0 Å². The van der Waals surface area contributed by atoms with Crippen LogP contribution in [0.5, 0.6) is 0 Å². The van der Waals surface area contributed by atoms with E-state index in [0.717, 1.165) is 12.8 Å². The number of halogens is 2. The minimum absolute atomic E-state index is 0. The van der Waals surface area contributed by atoms with E-state index in [2.05, 4.69) is 157 Å². The summed E-state index contributed by atoms with van der Waals surface area (Å²) in [7, 11) is 0. The normalized spacial score (nSPS) is 9.95. The summed E-state index contributed by atoms with van der Waals surface area (Å²) in [5, 5.41) is 5.62. The Labute approximate surface area is 263 Å². The number of hydrogen-bond donors (Lipinski definition) is 0. The van der Waals surface area contributed by atoms with Crippen LogP contribution in [0.3, 0.4) is 0 Å². The predicted octanol–water partition coefficient (Wildman–Crippen LogP) is 3.67. The molecule has 0 amide bonds. The molecule has 0 spiro atoms. The van der Waals surface area contributed by atoms with Gasteiger partial charge >= 0.3 is 95.6 Å². The van der Waals surface area contributed by atoms with Crippen molar-refractivity contribution < 1.29 is 44.8 Å². The van der Waals surface area contributed by atoms with Gasteiger partial charge in [0.05, 0.1) is 0 Å². The molecule has 0 saturated carbocycles. The van der Waals surface area contributed by atoms with Gasteiger partial charge < -0.3 is 24.8 Å². The number of benzene rings is 4. The molecule has 0 aliphatic rings. The Bertz CT molecular complexity index is 1490. The molecule has 40 heavy (non-hydrogen) atoms. The van der Waals surface area contributed by atoms with Crippen molar-refractivity contribution in [3.8, 4) is 0 Å². The van der Waals surface area contributed by atoms with Crippen molar-refractivity contribution >= 4 is 25.4 Å². The number of hydrogen-bond acceptors (Lipinski definition) is 0. The van der Waals surface area contributed by atoms with Gasteiger partial charge in [-0.25, -0.2) is 0 Å². The summed E-state index contributed by atoms with van der Waals surface area (Å²) in [6, 6.07) is 42.7. The molecule has 0 aromatic heterocycles. The predicted molar refractivity (Wildman–Crippen MR) is 163 cm³/mol. The molecule has 6 aromatic rings. The molecule has 3 heteroatoms. The fourth-order valence-corrected chi connectivity index (χ4v) is 5.70. The molecule has 0 unspecified atom stereocenters. The van der Waals surface area contributed by atoms with Crippen LogP contribution >= 0.6 is 0 Å². The van der Waals surface area contributed by atoms with Crippen molar-refractivity contribution in [3.63, 3.8) is 0 Å². The van der Waals surface area contributed by atoms with Crippen molar-refractivity contribution in [3.05, 3.63) is 155 Å². The molecule has 0 saturated heterocycles. The van der Waals surface area contributed by atoms with E-state index in [1.807, 2.05) is 12.1 Å². The summed E-state index contributed by atoms with van der Waals surface area (Å²) < 4.78 is 1.33. The van der Waals surface area contributed by atoms with Crippen molar-refractivity contribution in [1.82, 2.24) is 0 Å². The van der Waals surface area contributed by atoms with Crippen LogP contribution in [0.1, 0.15) is 47.2 Å². The van der Waals surface area contributed by atoms with Gasteiger partial charge in [-0.05, 0) is 0 Å². The molecule has 0 radical (unpaired) electrons. The first-order valence-corrected chi connectivity index (χ1v) is 14.3. The van der Waals surface area contributed by atoms with E-state index in [9.17, 15) is 0 Å². The van der Waals surface area contributed by atoms with E-state index in [4.69, 9.17) is 0 Å². The van der Waals surface area contributed by atoms with Crippen LogP contribution in [0.15, 0.2) is 121 Å². The van der Waals surface area contributed by atoms with Gasteiger partial charge in [0, 0.05) is 0 Å². The van der Waals surface area contributed by atoms with E-state index < -0.39 is 0 Å². The van der Waals surface area contributed by atoms with E-state index in [1.54, 1.807) is 0 Å². The summed E-state index contributed by atoms with van der Waals surface area (Å²) in [6.07, 6.45) is 2.28. The molecule has 0 aliphatic carbocycles. The van der Waals surface area contributed by atoms with Gasteiger partial charge in [0.1, 0.15) is 0 Å². The molecule has 0 heterocycles. The van der Waals surface area contributed by atoms with Crippen LogP contribution in [-0.4, -0.2) is 3.81 Å². The van der Waals surface area contributed by atoms with Gasteiger partial charge in [0.15, 0.2) is 0 Å². The van der Waals surface area contributed by atoms with E-state index in [0.29, 0.717) is 0 Å². The van der Waals surface area contributed by atoms with E-state index >= 15 is 0 Å². The van der Waals surface area contributed by atoms with Crippen molar-refractivity contribution in [2.45, 2.75) is 40.5 Å². The second-order valence-corrected chi connectivity index (χ2v) is 10.4. The van der Waals surface area contributed by atoms with Gasteiger partial charge in [0.25, 0.3) is 0 Å². The third-order valence-electron chi connectivity index (χ3n) is 7.10. The van der Waals surface area contributed by atoms with Crippen molar-refractivity contribution in [2.24, 2.45) is 0 Å². The van der Waals surface area contributed by atoms with Crippen LogP contribution in [0, 0.1) is 13.8 Å². The van der Waals surface area contributed by atoms with Gasteiger partial charge in [-0.1, -0.05) is 52.7 Å². The van der Waals surface area contributed by atoms with Crippen LogP contribution in [0.4, 0.5) is 0 Å². The quantitative estimate of drug-likeness (QED) is 0.215. The topological polar surface area (TPSA) is 0 Å². The Kier molecular flexibility index (Phi) is 13.8.